The molecular weight excluding hydrogens is 1300 g/mol. The van der Waals surface area contributed by atoms with Gasteiger partial charge in [-0.3, -0.25) is 0 Å². The summed E-state index contributed by atoms with van der Waals surface area (Å²) in [4.78, 5) is 0. The third-order valence-electron chi connectivity index (χ3n) is 22.3. The molecule has 15 aromatic rings. The van der Waals surface area contributed by atoms with Crippen molar-refractivity contribution in [3.63, 3.8) is 0 Å². The van der Waals surface area contributed by atoms with Crippen LogP contribution in [0.25, 0.3) is 89.0 Å². The second kappa shape index (κ2) is 23.7. The van der Waals surface area contributed by atoms with Crippen molar-refractivity contribution in [1.29, 1.82) is 0 Å². The van der Waals surface area contributed by atoms with Crippen molar-refractivity contribution in [2.45, 2.75) is 50.9 Å². The van der Waals surface area contributed by atoms with Crippen molar-refractivity contribution in [3.05, 3.63) is 438 Å². The summed E-state index contributed by atoms with van der Waals surface area (Å²) in [6, 6.07) is 131. The first kappa shape index (κ1) is 60.4. The van der Waals surface area contributed by atoms with Crippen molar-refractivity contribution in [1.82, 2.24) is 0 Å². The molecule has 15 aromatic carbocycles. The predicted molar refractivity (Wildman–Crippen MR) is 422 cm³/mol. The van der Waals surface area contributed by atoms with Gasteiger partial charge in [0.2, 0.25) is 0 Å². The lowest BCUT2D eigenvalue weighted by molar-refractivity contribution is 0.767. The maximum absolute atomic E-state index is 2.58. The minimum absolute atomic E-state index is 0.588. The monoisotopic (exact) mass is 1370 g/mol. The highest BCUT2D eigenvalue weighted by Gasteiger charge is 2.51. The average molecular weight is 1380 g/mol. The van der Waals surface area contributed by atoms with Gasteiger partial charge in [0.15, 0.2) is 0 Å². The minimum Gasteiger partial charge on any atom is -0.0622 e. The van der Waals surface area contributed by atoms with Crippen LogP contribution in [0.15, 0.2) is 340 Å². The van der Waals surface area contributed by atoms with Gasteiger partial charge in [0.1, 0.15) is 0 Å². The van der Waals surface area contributed by atoms with Crippen LogP contribution in [0.5, 0.6) is 0 Å². The first-order valence-electron chi connectivity index (χ1n) is 34.7. The molecule has 0 nitrogen and oxygen atoms in total. The normalized spacial score (nSPS) is 15.7. The fourth-order valence-corrected chi connectivity index (χ4v) is 18.1. The molecule has 0 spiro atoms. The number of hydrogen-bond acceptors (Lipinski definition) is 0. The molecule has 0 aromatic heterocycles. The maximum Gasteiger partial charge on any atom is 0.0714 e. The molecule has 1 heteroatoms. The summed E-state index contributed by atoms with van der Waals surface area (Å²) in [5.41, 5.74) is 39.2. The molecule has 0 radical (unpaired) electrons. The van der Waals surface area contributed by atoms with Crippen molar-refractivity contribution in [2.75, 3.05) is 0 Å². The zero-order valence-electron chi connectivity index (χ0n) is 56.2. The van der Waals surface area contributed by atoms with Crippen molar-refractivity contribution in [2.24, 2.45) is 0 Å². The highest BCUT2D eigenvalue weighted by atomic mass is 127. The van der Waals surface area contributed by atoms with Crippen molar-refractivity contribution < 1.29 is 0 Å². The Balaban J connectivity index is 0.866. The lowest BCUT2D eigenvalue weighted by Gasteiger charge is -2.35. The molecule has 0 aliphatic heterocycles. The van der Waals surface area contributed by atoms with Gasteiger partial charge in [-0.15, -0.1) is 0 Å². The smallest absolute Gasteiger partial charge is 0.0622 e. The first-order valence-corrected chi connectivity index (χ1v) is 35.8. The summed E-state index contributed by atoms with van der Waals surface area (Å²) in [6.45, 7) is 11.1. The van der Waals surface area contributed by atoms with E-state index in [9.17, 15) is 0 Å². The van der Waals surface area contributed by atoms with Gasteiger partial charge in [0, 0.05) is 3.57 Å². The highest BCUT2D eigenvalue weighted by molar-refractivity contribution is 14.1. The van der Waals surface area contributed by atoms with Crippen LogP contribution in [0.3, 0.4) is 0 Å². The van der Waals surface area contributed by atoms with Gasteiger partial charge in [-0.2, -0.15) is 0 Å². The van der Waals surface area contributed by atoms with Crippen LogP contribution in [-0.4, -0.2) is 0 Å². The zero-order valence-corrected chi connectivity index (χ0v) is 58.4. The molecule has 0 bridgehead atoms. The standard InChI is InChI=1S/C98H71I/c1-62-32-39-68(40-33-62)80-25-15-29-88-93(80)83-24-12-13-28-87(83)96(88,75-47-34-63(2)35-48-75)77-52-41-69(42-53-77)81-26-16-30-89-94(81)84-56-45-71(67-43-54-79(99)55-44-67)59-92(84)98(89,76-49-36-64(3)37-50-76)78-51-38-66(5)86(61-78)82-27-17-31-90-95(82)85-57-46-72(70-19-14-18-65(4)58-70)60-91(85)97(90,73-20-8-6-9-21-73)74-22-10-7-11-23-74/h6-61H,1-5H3. The quantitative estimate of drug-likeness (QED) is 0.113. The Morgan fingerprint density at radius 2 is 0.545 bits per heavy atom. The van der Waals surface area contributed by atoms with Crippen molar-refractivity contribution in [3.8, 4) is 89.0 Å². The largest absolute Gasteiger partial charge is 0.0714 e. The van der Waals surface area contributed by atoms with Crippen molar-refractivity contribution >= 4 is 22.6 Å². The molecule has 0 fully saturated rings. The Bertz CT molecular complexity index is 5640. The number of aryl methyl sites for hydroxylation is 5. The molecule has 18 rings (SSSR count). The molecular formula is C98H71I. The Kier molecular flexibility index (Phi) is 14.4. The molecule has 0 N–H and O–H groups in total. The highest BCUT2D eigenvalue weighted by Crippen LogP contribution is 2.63. The molecule has 0 saturated carbocycles. The van der Waals surface area contributed by atoms with E-state index in [0.29, 0.717) is 0 Å². The fourth-order valence-electron chi connectivity index (χ4n) is 17.7. The summed E-state index contributed by atoms with van der Waals surface area (Å²) in [7, 11) is 0. The lowest BCUT2D eigenvalue weighted by atomic mass is 9.66. The topological polar surface area (TPSA) is 0 Å². The van der Waals surface area contributed by atoms with E-state index >= 15 is 0 Å². The molecule has 2 atom stereocenters. The lowest BCUT2D eigenvalue weighted by Crippen LogP contribution is -2.29. The van der Waals surface area contributed by atoms with Gasteiger partial charge in [0.05, 0.1) is 16.2 Å². The second-order valence-electron chi connectivity index (χ2n) is 27.8. The van der Waals surface area contributed by atoms with Crippen LogP contribution in [0.4, 0.5) is 0 Å². The Morgan fingerprint density at radius 3 is 1.08 bits per heavy atom. The van der Waals surface area contributed by atoms with E-state index in [0.717, 1.165) is 0 Å². The predicted octanol–water partition coefficient (Wildman–Crippen LogP) is 25.3. The third kappa shape index (κ3) is 9.23. The first-order chi connectivity index (χ1) is 48.5. The van der Waals surface area contributed by atoms with E-state index in [2.05, 4.69) is 397 Å². The van der Waals surface area contributed by atoms with Crippen LogP contribution < -0.4 is 0 Å². The van der Waals surface area contributed by atoms with E-state index in [1.54, 1.807) is 0 Å². The maximum atomic E-state index is 2.58. The summed E-state index contributed by atoms with van der Waals surface area (Å²) in [5, 5.41) is 0. The number of halogens is 1. The molecule has 0 amide bonds. The van der Waals surface area contributed by atoms with Crippen LogP contribution in [0, 0.1) is 38.2 Å². The molecule has 2 unspecified atom stereocenters. The van der Waals surface area contributed by atoms with Gasteiger partial charge in [-0.05, 0) is 249 Å². The number of benzene rings is 15. The molecule has 470 valence electrons. The number of hydrogen-bond donors (Lipinski definition) is 0. The van der Waals surface area contributed by atoms with Crippen LogP contribution in [-0.2, 0) is 16.2 Å². The van der Waals surface area contributed by atoms with Gasteiger partial charge < -0.3 is 0 Å². The summed E-state index contributed by atoms with van der Waals surface area (Å²) in [5.74, 6) is 0. The average Bonchev–Trinajstić information content (AvgIpc) is 1.60. The van der Waals surface area contributed by atoms with E-state index in [-0.39, 0.29) is 0 Å². The van der Waals surface area contributed by atoms with E-state index in [1.165, 1.54) is 187 Å². The second-order valence-corrected chi connectivity index (χ2v) is 29.1. The Hall–Kier alpha value is -11.0. The van der Waals surface area contributed by atoms with E-state index in [4.69, 9.17) is 0 Å². The minimum atomic E-state index is -0.756. The summed E-state index contributed by atoms with van der Waals surface area (Å²) in [6.07, 6.45) is 0. The molecule has 99 heavy (non-hydrogen) atoms. The third-order valence-corrected chi connectivity index (χ3v) is 23.0. The summed E-state index contributed by atoms with van der Waals surface area (Å²) < 4.78 is 1.21. The Labute approximate surface area is 595 Å². The van der Waals surface area contributed by atoms with Crippen LogP contribution in [0.1, 0.15) is 94.6 Å². The molecule has 3 aliphatic carbocycles. The number of fused-ring (bicyclic) bond motifs is 9. The van der Waals surface area contributed by atoms with Crippen LogP contribution in [0.2, 0.25) is 0 Å². The fraction of sp³-hybridized carbons (Fsp3) is 0.0816. The molecule has 0 heterocycles. The number of rotatable bonds is 11. The van der Waals surface area contributed by atoms with E-state index < -0.39 is 16.2 Å². The molecule has 0 saturated heterocycles. The summed E-state index contributed by atoms with van der Waals surface area (Å²) >= 11 is 2.43. The van der Waals surface area contributed by atoms with E-state index in [1.807, 2.05) is 0 Å². The SMILES string of the molecule is Cc1ccc(-c2cccc3c2-c2ccccc2C3(c2ccc(C)cc2)c2ccc(-c3cccc4c3-c3ccc(-c5ccc(I)cc5)cc3C4(c3ccc(C)cc3)c3ccc(C)c(-c4cccc5c4-c4ccc(-c6cccc(C)c6)cc4C5(c4ccccc4)c4ccccc4)c3)cc2)cc1. The van der Waals surface area contributed by atoms with Gasteiger partial charge in [-0.25, -0.2) is 0 Å². The molecule has 3 aliphatic rings. The van der Waals surface area contributed by atoms with Gasteiger partial charge >= 0.3 is 0 Å². The van der Waals surface area contributed by atoms with Gasteiger partial charge in [0.25, 0.3) is 0 Å². The zero-order chi connectivity index (χ0) is 66.7. The Morgan fingerprint density at radius 1 is 0.192 bits per heavy atom. The van der Waals surface area contributed by atoms with Crippen LogP contribution >= 0.6 is 22.6 Å². The van der Waals surface area contributed by atoms with Gasteiger partial charge in [-0.1, -0.05) is 332 Å².